The number of fused-ring (bicyclic) bond motifs is 2. The summed E-state index contributed by atoms with van der Waals surface area (Å²) in [6.07, 6.45) is 18.0. The third-order valence-corrected chi connectivity index (χ3v) is 8.05. The molecular formula is C24H25N5S. The first-order chi connectivity index (χ1) is 14.8. The monoisotopic (exact) mass is 415 g/mol. The Balaban J connectivity index is 1.32. The lowest BCUT2D eigenvalue weighted by Gasteiger charge is -2.39. The topological polar surface area (TPSA) is 46.3 Å². The van der Waals surface area contributed by atoms with E-state index in [2.05, 4.69) is 43.5 Å². The van der Waals surface area contributed by atoms with Crippen LogP contribution in [-0.4, -0.2) is 32.4 Å². The number of pyridine rings is 1. The van der Waals surface area contributed by atoms with Crippen LogP contribution in [0.4, 0.5) is 5.95 Å². The molecule has 0 unspecified atom stereocenters. The molecule has 152 valence electrons. The average molecular weight is 416 g/mol. The lowest BCUT2D eigenvalue weighted by atomic mass is 9.77. The molecule has 0 radical (unpaired) electrons. The standard InChI is InChI=1S/C24H25N5S/c1-2-6-19-18(5-1)15-25-16-20(19)30-21-17-27-23(29-14-11-26-22(21)29)28-12-9-24(10-13-28)7-3-4-8-24/h1-2,5-6,11,14-17H,3-4,7-10,12-13H2. The zero-order chi connectivity index (χ0) is 20.0. The van der Waals surface area contributed by atoms with Crippen molar-refractivity contribution in [1.82, 2.24) is 19.4 Å². The molecule has 1 aliphatic heterocycles. The minimum Gasteiger partial charge on any atom is -0.342 e. The van der Waals surface area contributed by atoms with Crippen molar-refractivity contribution in [2.24, 2.45) is 5.41 Å². The molecule has 6 heteroatoms. The van der Waals surface area contributed by atoms with E-state index in [1.807, 2.05) is 31.0 Å². The maximum absolute atomic E-state index is 4.90. The van der Waals surface area contributed by atoms with Crippen LogP contribution in [0, 0.1) is 5.41 Å². The van der Waals surface area contributed by atoms with Crippen molar-refractivity contribution in [1.29, 1.82) is 0 Å². The highest BCUT2D eigenvalue weighted by Crippen LogP contribution is 2.46. The Morgan fingerprint density at radius 3 is 2.57 bits per heavy atom. The molecule has 1 saturated carbocycles. The number of rotatable bonds is 3. The number of nitrogens with zero attached hydrogens (tertiary/aromatic N) is 5. The highest BCUT2D eigenvalue weighted by molar-refractivity contribution is 7.99. The van der Waals surface area contributed by atoms with E-state index in [1.54, 1.807) is 11.8 Å². The fourth-order valence-corrected chi connectivity index (χ4v) is 6.28. The molecule has 1 aliphatic carbocycles. The molecule has 0 N–H and O–H groups in total. The fraction of sp³-hybridized carbons (Fsp3) is 0.375. The third kappa shape index (κ3) is 3.05. The second-order valence-electron chi connectivity index (χ2n) is 8.70. The number of aromatic nitrogens is 4. The second-order valence-corrected chi connectivity index (χ2v) is 9.78. The van der Waals surface area contributed by atoms with Gasteiger partial charge in [0.05, 0.1) is 4.90 Å². The Morgan fingerprint density at radius 1 is 0.867 bits per heavy atom. The number of anilines is 1. The van der Waals surface area contributed by atoms with Crippen LogP contribution in [0.2, 0.25) is 0 Å². The van der Waals surface area contributed by atoms with Gasteiger partial charge in [-0.1, -0.05) is 48.9 Å². The first-order valence-electron chi connectivity index (χ1n) is 10.9. The van der Waals surface area contributed by atoms with Gasteiger partial charge in [-0.25, -0.2) is 9.97 Å². The van der Waals surface area contributed by atoms with Crippen LogP contribution in [-0.2, 0) is 0 Å². The molecule has 0 bridgehead atoms. The fourth-order valence-electron chi connectivity index (χ4n) is 5.28. The Bertz CT molecular complexity index is 1200. The van der Waals surface area contributed by atoms with E-state index < -0.39 is 0 Å². The SMILES string of the molecule is c1ccc2c(Sc3cnc(N4CCC5(CCCC5)CC4)n4ccnc34)cncc2c1. The molecule has 6 rings (SSSR count). The number of hydrogen-bond donors (Lipinski definition) is 0. The van der Waals surface area contributed by atoms with E-state index in [-0.39, 0.29) is 0 Å². The molecule has 30 heavy (non-hydrogen) atoms. The normalized spacial score (nSPS) is 18.6. The molecule has 4 aromatic rings. The molecule has 4 heterocycles. The molecule has 1 saturated heterocycles. The highest BCUT2D eigenvalue weighted by Gasteiger charge is 2.37. The van der Waals surface area contributed by atoms with Gasteiger partial charge in [0.2, 0.25) is 5.95 Å². The molecule has 2 aliphatic rings. The maximum Gasteiger partial charge on any atom is 0.211 e. The molecule has 1 spiro atoms. The number of benzene rings is 1. The van der Waals surface area contributed by atoms with Gasteiger partial charge in [0, 0.05) is 54.4 Å². The quantitative estimate of drug-likeness (QED) is 0.436. The largest absolute Gasteiger partial charge is 0.342 e. The predicted molar refractivity (Wildman–Crippen MR) is 121 cm³/mol. The van der Waals surface area contributed by atoms with E-state index in [0.717, 1.165) is 39.9 Å². The summed E-state index contributed by atoms with van der Waals surface area (Å²) in [7, 11) is 0. The van der Waals surface area contributed by atoms with Gasteiger partial charge >= 0.3 is 0 Å². The summed E-state index contributed by atoms with van der Waals surface area (Å²) in [6.45, 7) is 2.19. The van der Waals surface area contributed by atoms with Crippen LogP contribution < -0.4 is 4.90 Å². The molecule has 3 aromatic heterocycles. The zero-order valence-corrected chi connectivity index (χ0v) is 17.8. The van der Waals surface area contributed by atoms with E-state index >= 15 is 0 Å². The van der Waals surface area contributed by atoms with Gasteiger partial charge in [0.15, 0.2) is 5.65 Å². The van der Waals surface area contributed by atoms with Gasteiger partial charge in [0.1, 0.15) is 0 Å². The summed E-state index contributed by atoms with van der Waals surface area (Å²) in [4.78, 5) is 18.6. The van der Waals surface area contributed by atoms with Crippen molar-refractivity contribution < 1.29 is 0 Å². The molecular weight excluding hydrogens is 390 g/mol. The van der Waals surface area contributed by atoms with Crippen molar-refractivity contribution in [3.63, 3.8) is 0 Å². The summed E-state index contributed by atoms with van der Waals surface area (Å²) in [5, 5.41) is 2.37. The highest BCUT2D eigenvalue weighted by atomic mass is 32.2. The van der Waals surface area contributed by atoms with E-state index in [4.69, 9.17) is 4.98 Å². The second kappa shape index (κ2) is 7.27. The smallest absolute Gasteiger partial charge is 0.211 e. The molecule has 5 nitrogen and oxygen atoms in total. The minimum absolute atomic E-state index is 0.613. The van der Waals surface area contributed by atoms with Crippen LogP contribution in [0.1, 0.15) is 38.5 Å². The van der Waals surface area contributed by atoms with E-state index in [1.165, 1.54) is 43.9 Å². The number of piperidine rings is 1. The van der Waals surface area contributed by atoms with Crippen LogP contribution in [0.15, 0.2) is 65.0 Å². The summed E-state index contributed by atoms with van der Waals surface area (Å²) < 4.78 is 2.16. The summed E-state index contributed by atoms with van der Waals surface area (Å²) in [5.74, 6) is 1.02. The van der Waals surface area contributed by atoms with Gasteiger partial charge in [-0.05, 0) is 36.5 Å². The third-order valence-electron chi connectivity index (χ3n) is 7.00. The Labute approximate surface area is 180 Å². The number of hydrogen-bond acceptors (Lipinski definition) is 5. The minimum atomic E-state index is 0.613. The predicted octanol–water partition coefficient (Wildman–Crippen LogP) is 5.59. The molecule has 0 amide bonds. The van der Waals surface area contributed by atoms with Gasteiger partial charge in [-0.2, -0.15) is 0 Å². The average Bonchev–Trinajstić information content (AvgIpc) is 3.46. The van der Waals surface area contributed by atoms with Crippen molar-refractivity contribution in [3.8, 4) is 0 Å². The lowest BCUT2D eigenvalue weighted by Crippen LogP contribution is -2.40. The summed E-state index contributed by atoms with van der Waals surface area (Å²) >= 11 is 1.69. The molecule has 1 aromatic carbocycles. The summed E-state index contributed by atoms with van der Waals surface area (Å²) in [5.41, 5.74) is 1.58. The first kappa shape index (κ1) is 18.2. The molecule has 0 atom stereocenters. The van der Waals surface area contributed by atoms with Gasteiger partial charge in [-0.3, -0.25) is 9.38 Å². The number of imidazole rings is 1. The van der Waals surface area contributed by atoms with Gasteiger partial charge in [-0.15, -0.1) is 0 Å². The van der Waals surface area contributed by atoms with Crippen molar-refractivity contribution in [2.45, 2.75) is 48.3 Å². The molecule has 2 fully saturated rings. The van der Waals surface area contributed by atoms with Gasteiger partial charge in [0.25, 0.3) is 0 Å². The van der Waals surface area contributed by atoms with Crippen LogP contribution in [0.25, 0.3) is 16.4 Å². The Hall–Kier alpha value is -2.60. The van der Waals surface area contributed by atoms with Crippen molar-refractivity contribution in [2.75, 3.05) is 18.0 Å². The van der Waals surface area contributed by atoms with E-state index in [9.17, 15) is 0 Å². The van der Waals surface area contributed by atoms with Crippen LogP contribution >= 0.6 is 11.8 Å². The lowest BCUT2D eigenvalue weighted by molar-refractivity contribution is 0.225. The summed E-state index contributed by atoms with van der Waals surface area (Å²) in [6, 6.07) is 8.38. The Kier molecular flexibility index (Phi) is 4.41. The van der Waals surface area contributed by atoms with Crippen molar-refractivity contribution in [3.05, 3.63) is 55.2 Å². The zero-order valence-electron chi connectivity index (χ0n) is 17.0. The Morgan fingerprint density at radius 2 is 1.70 bits per heavy atom. The van der Waals surface area contributed by atoms with E-state index in [0.29, 0.717) is 5.41 Å². The maximum atomic E-state index is 4.90. The first-order valence-corrected chi connectivity index (χ1v) is 11.7. The van der Waals surface area contributed by atoms with Crippen LogP contribution in [0.5, 0.6) is 0 Å². The van der Waals surface area contributed by atoms with Crippen molar-refractivity contribution >= 4 is 34.1 Å². The van der Waals surface area contributed by atoms with Crippen LogP contribution in [0.3, 0.4) is 0 Å². The van der Waals surface area contributed by atoms with Gasteiger partial charge < -0.3 is 4.90 Å².